The van der Waals surface area contributed by atoms with E-state index in [1.165, 1.54) is 35.6 Å². The molecule has 0 spiro atoms. The van der Waals surface area contributed by atoms with E-state index in [0.29, 0.717) is 15.5 Å². The smallest absolute Gasteiger partial charge is 0.363 e. The largest absolute Gasteiger partial charge is 0.401 e. The van der Waals surface area contributed by atoms with Crippen LogP contribution in [0.4, 0.5) is 5.69 Å². The van der Waals surface area contributed by atoms with Gasteiger partial charge < -0.3 is 4.74 Å². The highest BCUT2D eigenvalue weighted by Crippen LogP contribution is 2.38. The van der Waals surface area contributed by atoms with Gasteiger partial charge in [0.2, 0.25) is 5.90 Å². The summed E-state index contributed by atoms with van der Waals surface area (Å²) in [5.74, 6) is -0.509. The standard InChI is InChI=1S/C18H8BrClN2O4S/c19-10-4-5-12-14(8-10)27-16(15(12)20)17-21-13(18(23)26-17)7-9-2-1-3-11(6-9)22(24)25/h1-8H/b13-7+. The van der Waals surface area contributed by atoms with Gasteiger partial charge in [0.15, 0.2) is 5.70 Å². The Morgan fingerprint density at radius 3 is 2.85 bits per heavy atom. The Morgan fingerprint density at radius 2 is 2.07 bits per heavy atom. The highest BCUT2D eigenvalue weighted by Gasteiger charge is 2.28. The molecule has 0 unspecified atom stereocenters. The average molecular weight is 464 g/mol. The second-order valence-corrected chi connectivity index (χ2v) is 7.92. The van der Waals surface area contributed by atoms with Gasteiger partial charge in [0.1, 0.15) is 4.88 Å². The Kier molecular flexibility index (Phi) is 4.55. The van der Waals surface area contributed by atoms with E-state index in [9.17, 15) is 14.9 Å². The lowest BCUT2D eigenvalue weighted by molar-refractivity contribution is -0.384. The first-order valence-corrected chi connectivity index (χ1v) is 9.56. The predicted octanol–water partition coefficient (Wildman–Crippen LogP) is 5.57. The summed E-state index contributed by atoms with van der Waals surface area (Å²) < 4.78 is 7.12. The SMILES string of the molecule is O=C1OC(c2sc3cc(Br)ccc3c2Cl)=N/C1=C/c1cccc([N+](=O)[O-])c1. The summed E-state index contributed by atoms with van der Waals surface area (Å²) in [6.07, 6.45) is 1.44. The number of hydrogen-bond donors (Lipinski definition) is 0. The molecule has 0 amide bonds. The number of carbonyl (C=O) groups is 1. The van der Waals surface area contributed by atoms with E-state index in [1.54, 1.807) is 6.07 Å². The number of nitro groups is 1. The Hall–Kier alpha value is -2.55. The lowest BCUT2D eigenvalue weighted by atomic mass is 10.2. The third kappa shape index (κ3) is 3.39. The molecule has 0 saturated carbocycles. The van der Waals surface area contributed by atoms with E-state index < -0.39 is 10.9 Å². The van der Waals surface area contributed by atoms with Gasteiger partial charge in [0, 0.05) is 26.7 Å². The van der Waals surface area contributed by atoms with E-state index in [4.69, 9.17) is 16.3 Å². The molecule has 9 heteroatoms. The minimum Gasteiger partial charge on any atom is -0.401 e. The summed E-state index contributed by atoms with van der Waals surface area (Å²) in [6, 6.07) is 11.6. The van der Waals surface area contributed by atoms with Gasteiger partial charge in [-0.1, -0.05) is 45.7 Å². The molecule has 6 nitrogen and oxygen atoms in total. The van der Waals surface area contributed by atoms with E-state index in [1.807, 2.05) is 18.2 Å². The fourth-order valence-corrected chi connectivity index (χ4v) is 4.56. The molecule has 1 aromatic heterocycles. The number of hydrogen-bond acceptors (Lipinski definition) is 6. The summed E-state index contributed by atoms with van der Waals surface area (Å²) in [6.45, 7) is 0. The number of aliphatic imine (C=N–C) groups is 1. The fraction of sp³-hybridized carbons (Fsp3) is 0. The highest BCUT2D eigenvalue weighted by atomic mass is 79.9. The minimum atomic E-state index is -0.633. The molecule has 1 aliphatic rings. The Morgan fingerprint density at radius 1 is 1.26 bits per heavy atom. The van der Waals surface area contributed by atoms with Gasteiger partial charge >= 0.3 is 5.97 Å². The first-order valence-electron chi connectivity index (χ1n) is 7.57. The minimum absolute atomic E-state index is 0.0557. The van der Waals surface area contributed by atoms with Crippen molar-refractivity contribution in [3.05, 3.63) is 78.2 Å². The van der Waals surface area contributed by atoms with Crippen LogP contribution in [0.3, 0.4) is 0 Å². The lowest BCUT2D eigenvalue weighted by Gasteiger charge is -1.95. The normalized spacial score (nSPS) is 15.3. The summed E-state index contributed by atoms with van der Waals surface area (Å²) >= 11 is 11.2. The molecule has 4 rings (SSSR count). The zero-order chi connectivity index (χ0) is 19.1. The van der Waals surface area contributed by atoms with Gasteiger partial charge in [-0.2, -0.15) is 0 Å². The average Bonchev–Trinajstić information content (AvgIpc) is 3.15. The molecule has 0 bridgehead atoms. The molecule has 0 N–H and O–H groups in total. The first kappa shape index (κ1) is 17.8. The van der Waals surface area contributed by atoms with Crippen molar-refractivity contribution < 1.29 is 14.5 Å². The lowest BCUT2D eigenvalue weighted by Crippen LogP contribution is -2.04. The van der Waals surface area contributed by atoms with Crippen molar-refractivity contribution in [3.8, 4) is 0 Å². The Balaban J connectivity index is 1.74. The van der Waals surface area contributed by atoms with Gasteiger partial charge in [0.05, 0.1) is 9.95 Å². The molecule has 27 heavy (non-hydrogen) atoms. The number of rotatable bonds is 3. The van der Waals surface area contributed by atoms with E-state index >= 15 is 0 Å². The molecule has 0 radical (unpaired) electrons. The van der Waals surface area contributed by atoms with Crippen LogP contribution in [-0.2, 0) is 9.53 Å². The number of fused-ring (bicyclic) bond motifs is 1. The summed E-state index contributed by atoms with van der Waals surface area (Å²) in [5.41, 5.74) is 0.464. The van der Waals surface area contributed by atoms with Crippen molar-refractivity contribution in [1.29, 1.82) is 0 Å². The van der Waals surface area contributed by atoms with Crippen molar-refractivity contribution in [1.82, 2.24) is 0 Å². The van der Waals surface area contributed by atoms with Gasteiger partial charge in [-0.3, -0.25) is 10.1 Å². The molecule has 1 aliphatic heterocycles. The number of ether oxygens (including phenoxy) is 1. The predicted molar refractivity (Wildman–Crippen MR) is 108 cm³/mol. The van der Waals surface area contributed by atoms with Crippen LogP contribution in [0.1, 0.15) is 10.4 Å². The molecule has 2 aromatic carbocycles. The molecule has 0 aliphatic carbocycles. The second kappa shape index (κ2) is 6.88. The van der Waals surface area contributed by atoms with Crippen LogP contribution >= 0.6 is 38.9 Å². The van der Waals surface area contributed by atoms with Crippen LogP contribution in [-0.4, -0.2) is 16.8 Å². The number of non-ortho nitro benzene ring substituents is 1. The fourth-order valence-electron chi connectivity index (χ4n) is 2.57. The molecule has 134 valence electrons. The van der Waals surface area contributed by atoms with Crippen LogP contribution in [0.5, 0.6) is 0 Å². The third-order valence-corrected chi connectivity index (χ3v) is 5.93. The van der Waals surface area contributed by atoms with E-state index in [-0.39, 0.29) is 17.3 Å². The number of nitro benzene ring substituents is 1. The molecule has 0 fully saturated rings. The Bertz CT molecular complexity index is 1190. The van der Waals surface area contributed by atoms with Crippen LogP contribution in [0.25, 0.3) is 16.2 Å². The van der Waals surface area contributed by atoms with Crippen molar-refractivity contribution in [2.24, 2.45) is 4.99 Å². The zero-order valence-electron chi connectivity index (χ0n) is 13.3. The molecular formula is C18H8BrClN2O4S. The quantitative estimate of drug-likeness (QED) is 0.220. The van der Waals surface area contributed by atoms with Gasteiger partial charge in [0.25, 0.3) is 5.69 Å². The first-order chi connectivity index (χ1) is 12.9. The maximum atomic E-state index is 12.2. The molecule has 2 heterocycles. The van der Waals surface area contributed by atoms with Crippen LogP contribution in [0, 0.1) is 10.1 Å². The van der Waals surface area contributed by atoms with Crippen LogP contribution < -0.4 is 0 Å². The molecule has 3 aromatic rings. The number of thiophene rings is 1. The number of esters is 1. The maximum absolute atomic E-state index is 12.2. The number of halogens is 2. The van der Waals surface area contributed by atoms with Crippen molar-refractivity contribution in [3.63, 3.8) is 0 Å². The van der Waals surface area contributed by atoms with Crippen molar-refractivity contribution in [2.45, 2.75) is 0 Å². The zero-order valence-corrected chi connectivity index (χ0v) is 16.5. The number of cyclic esters (lactones) is 1. The van der Waals surface area contributed by atoms with Gasteiger partial charge in [-0.15, -0.1) is 11.3 Å². The summed E-state index contributed by atoms with van der Waals surface area (Å²) in [4.78, 5) is 27.4. The summed E-state index contributed by atoms with van der Waals surface area (Å²) in [7, 11) is 0. The molecule has 0 atom stereocenters. The summed E-state index contributed by atoms with van der Waals surface area (Å²) in [5, 5.41) is 12.2. The monoisotopic (exact) mass is 462 g/mol. The second-order valence-electron chi connectivity index (χ2n) is 5.57. The Labute approximate surface area is 170 Å². The van der Waals surface area contributed by atoms with Gasteiger partial charge in [-0.05, 0) is 23.8 Å². The number of nitrogens with zero attached hydrogens (tertiary/aromatic N) is 2. The van der Waals surface area contributed by atoms with E-state index in [2.05, 4.69) is 20.9 Å². The van der Waals surface area contributed by atoms with Crippen molar-refractivity contribution >= 4 is 72.6 Å². The van der Waals surface area contributed by atoms with E-state index in [0.717, 1.165) is 14.6 Å². The van der Waals surface area contributed by atoms with Crippen molar-refractivity contribution in [2.75, 3.05) is 0 Å². The molecular weight excluding hydrogens is 456 g/mol. The van der Waals surface area contributed by atoms with Crippen LogP contribution in [0.2, 0.25) is 5.02 Å². The number of carbonyl (C=O) groups excluding carboxylic acids is 1. The topological polar surface area (TPSA) is 81.8 Å². The van der Waals surface area contributed by atoms with Crippen LogP contribution in [0.15, 0.2) is 57.6 Å². The highest BCUT2D eigenvalue weighted by molar-refractivity contribution is 9.10. The maximum Gasteiger partial charge on any atom is 0.363 e. The molecule has 0 saturated heterocycles. The number of benzene rings is 2. The van der Waals surface area contributed by atoms with Gasteiger partial charge in [-0.25, -0.2) is 9.79 Å². The third-order valence-electron chi connectivity index (χ3n) is 3.79.